The highest BCUT2D eigenvalue weighted by Crippen LogP contribution is 2.15. The van der Waals surface area contributed by atoms with Gasteiger partial charge in [-0.15, -0.1) is 0 Å². The van der Waals surface area contributed by atoms with Gasteiger partial charge in [0.25, 0.3) is 10.0 Å². The summed E-state index contributed by atoms with van der Waals surface area (Å²) >= 11 is 5.77. The molecule has 0 saturated heterocycles. The van der Waals surface area contributed by atoms with E-state index in [1.807, 2.05) is 42.5 Å². The zero-order chi connectivity index (χ0) is 19.1. The first-order chi connectivity index (χ1) is 13.0. The summed E-state index contributed by atoms with van der Waals surface area (Å²) < 4.78 is 30.1. The highest BCUT2D eigenvalue weighted by atomic mass is 35.5. The molecule has 1 N–H and O–H groups in total. The highest BCUT2D eigenvalue weighted by molar-refractivity contribution is 7.89. The molecule has 0 atom stereocenters. The largest absolute Gasteiger partial charge is 0.489 e. The molecule has 0 aliphatic rings. The molecule has 5 nitrogen and oxygen atoms in total. The standard InChI is InChI=1S/C20H17ClN2O3S/c21-18-9-11-20(12-10-18)27(24,25)23-22-14-17-7-4-8-19(13-17)26-15-16-5-2-1-3-6-16/h1-14,23H,15H2/b22-14+. The number of nitrogens with one attached hydrogen (secondary N) is 1. The molecule has 0 heterocycles. The molecule has 0 amide bonds. The molecule has 0 radical (unpaired) electrons. The lowest BCUT2D eigenvalue weighted by Gasteiger charge is -2.07. The average Bonchev–Trinajstić information content (AvgIpc) is 2.68. The zero-order valence-corrected chi connectivity index (χ0v) is 15.8. The third-order valence-electron chi connectivity index (χ3n) is 3.62. The molecule has 138 valence electrons. The summed E-state index contributed by atoms with van der Waals surface area (Å²) in [6.45, 7) is 0.449. The normalized spacial score (nSPS) is 11.4. The minimum Gasteiger partial charge on any atom is -0.489 e. The molecule has 0 saturated carbocycles. The van der Waals surface area contributed by atoms with Crippen LogP contribution in [0.3, 0.4) is 0 Å². The van der Waals surface area contributed by atoms with E-state index in [1.165, 1.54) is 30.5 Å². The van der Waals surface area contributed by atoms with Gasteiger partial charge in [-0.1, -0.05) is 54.1 Å². The Morgan fingerprint density at radius 3 is 2.44 bits per heavy atom. The fourth-order valence-electron chi connectivity index (χ4n) is 2.26. The molecule has 27 heavy (non-hydrogen) atoms. The van der Waals surface area contributed by atoms with Gasteiger partial charge in [0.2, 0.25) is 0 Å². The van der Waals surface area contributed by atoms with Crippen molar-refractivity contribution in [2.24, 2.45) is 5.10 Å². The van der Waals surface area contributed by atoms with Gasteiger partial charge in [0, 0.05) is 5.02 Å². The van der Waals surface area contributed by atoms with Crippen LogP contribution < -0.4 is 9.57 Å². The smallest absolute Gasteiger partial charge is 0.276 e. The predicted octanol–water partition coefficient (Wildman–Crippen LogP) is 4.23. The van der Waals surface area contributed by atoms with Gasteiger partial charge < -0.3 is 4.74 Å². The number of ether oxygens (including phenoxy) is 1. The van der Waals surface area contributed by atoms with Gasteiger partial charge in [-0.2, -0.15) is 13.5 Å². The number of sulfonamides is 1. The molecule has 3 aromatic rings. The van der Waals surface area contributed by atoms with Crippen LogP contribution in [0, 0.1) is 0 Å². The second-order valence-electron chi connectivity index (χ2n) is 5.65. The first-order valence-electron chi connectivity index (χ1n) is 8.10. The van der Waals surface area contributed by atoms with E-state index < -0.39 is 10.0 Å². The van der Waals surface area contributed by atoms with Crippen molar-refractivity contribution in [1.29, 1.82) is 0 Å². The Morgan fingerprint density at radius 2 is 1.70 bits per heavy atom. The lowest BCUT2D eigenvalue weighted by atomic mass is 10.2. The summed E-state index contributed by atoms with van der Waals surface area (Å²) in [6, 6.07) is 22.9. The fraction of sp³-hybridized carbons (Fsp3) is 0.0500. The van der Waals surface area contributed by atoms with E-state index in [0.29, 0.717) is 22.9 Å². The van der Waals surface area contributed by atoms with E-state index in [0.717, 1.165) is 5.56 Å². The summed E-state index contributed by atoms with van der Waals surface area (Å²) in [4.78, 5) is 2.27. The highest BCUT2D eigenvalue weighted by Gasteiger charge is 2.11. The van der Waals surface area contributed by atoms with Crippen LogP contribution in [0.4, 0.5) is 0 Å². The minimum atomic E-state index is -3.74. The van der Waals surface area contributed by atoms with Gasteiger partial charge in [0.05, 0.1) is 11.1 Å². The van der Waals surface area contributed by atoms with Crippen LogP contribution in [0.15, 0.2) is 88.9 Å². The number of benzene rings is 3. The van der Waals surface area contributed by atoms with Crippen molar-refractivity contribution in [3.05, 3.63) is 95.0 Å². The second kappa shape index (κ2) is 8.70. The van der Waals surface area contributed by atoms with E-state index in [-0.39, 0.29) is 4.90 Å². The topological polar surface area (TPSA) is 67.8 Å². The Kier molecular flexibility index (Phi) is 6.11. The second-order valence-corrected chi connectivity index (χ2v) is 7.75. The third-order valence-corrected chi connectivity index (χ3v) is 5.11. The number of nitrogens with zero attached hydrogens (tertiary/aromatic N) is 1. The SMILES string of the molecule is O=S(=O)(N/N=C/c1cccc(OCc2ccccc2)c1)c1ccc(Cl)cc1. The average molecular weight is 401 g/mol. The summed E-state index contributed by atoms with van der Waals surface area (Å²) in [6.07, 6.45) is 1.42. The molecule has 0 bridgehead atoms. The maximum absolute atomic E-state index is 12.2. The third kappa shape index (κ3) is 5.57. The molecule has 0 unspecified atom stereocenters. The molecule has 0 fully saturated rings. The van der Waals surface area contributed by atoms with Gasteiger partial charge >= 0.3 is 0 Å². The Morgan fingerprint density at radius 1 is 0.963 bits per heavy atom. The first kappa shape index (κ1) is 18.9. The summed E-state index contributed by atoms with van der Waals surface area (Å²) in [5.41, 5.74) is 1.77. The molecule has 0 aliphatic heterocycles. The van der Waals surface area contributed by atoms with Crippen molar-refractivity contribution in [2.75, 3.05) is 0 Å². The zero-order valence-electron chi connectivity index (χ0n) is 14.2. The van der Waals surface area contributed by atoms with Crippen LogP contribution in [0.2, 0.25) is 5.02 Å². The number of rotatable bonds is 7. The summed E-state index contributed by atoms with van der Waals surface area (Å²) in [7, 11) is -3.74. The van der Waals surface area contributed by atoms with Crippen molar-refractivity contribution < 1.29 is 13.2 Å². The van der Waals surface area contributed by atoms with Gasteiger partial charge in [-0.25, -0.2) is 4.83 Å². The molecule has 3 rings (SSSR count). The lowest BCUT2D eigenvalue weighted by molar-refractivity contribution is 0.306. The monoisotopic (exact) mass is 400 g/mol. The molecule has 0 aromatic heterocycles. The molecule has 0 aliphatic carbocycles. The van der Waals surface area contributed by atoms with Crippen LogP contribution in [0.5, 0.6) is 5.75 Å². The lowest BCUT2D eigenvalue weighted by Crippen LogP contribution is -2.18. The van der Waals surface area contributed by atoms with Crippen molar-refractivity contribution in [3.8, 4) is 5.75 Å². The molecule has 3 aromatic carbocycles. The van der Waals surface area contributed by atoms with Gasteiger partial charge in [0.1, 0.15) is 12.4 Å². The number of hydrogen-bond acceptors (Lipinski definition) is 4. The number of hydrazone groups is 1. The minimum absolute atomic E-state index is 0.0870. The molecule has 7 heteroatoms. The Hall–Kier alpha value is -2.83. The van der Waals surface area contributed by atoms with Crippen LogP contribution in [-0.4, -0.2) is 14.6 Å². The van der Waals surface area contributed by atoms with E-state index >= 15 is 0 Å². The van der Waals surface area contributed by atoms with E-state index in [2.05, 4.69) is 9.93 Å². The summed E-state index contributed by atoms with van der Waals surface area (Å²) in [5.74, 6) is 0.670. The number of halogens is 1. The van der Waals surface area contributed by atoms with Crippen LogP contribution in [0.1, 0.15) is 11.1 Å². The van der Waals surface area contributed by atoms with Crippen LogP contribution in [0.25, 0.3) is 0 Å². The van der Waals surface area contributed by atoms with E-state index in [4.69, 9.17) is 16.3 Å². The number of hydrogen-bond donors (Lipinski definition) is 1. The van der Waals surface area contributed by atoms with Crippen molar-refractivity contribution in [2.45, 2.75) is 11.5 Å². The summed E-state index contributed by atoms with van der Waals surface area (Å²) in [5, 5.41) is 4.28. The van der Waals surface area contributed by atoms with Crippen molar-refractivity contribution in [3.63, 3.8) is 0 Å². The predicted molar refractivity (Wildman–Crippen MR) is 107 cm³/mol. The van der Waals surface area contributed by atoms with Crippen molar-refractivity contribution >= 4 is 27.8 Å². The van der Waals surface area contributed by atoms with Crippen LogP contribution in [-0.2, 0) is 16.6 Å². The maximum atomic E-state index is 12.2. The molecule has 0 spiro atoms. The van der Waals surface area contributed by atoms with Gasteiger partial charge in [0.15, 0.2) is 0 Å². The van der Waals surface area contributed by atoms with Gasteiger partial charge in [-0.05, 0) is 47.5 Å². The van der Waals surface area contributed by atoms with Gasteiger partial charge in [-0.3, -0.25) is 0 Å². The van der Waals surface area contributed by atoms with E-state index in [9.17, 15) is 8.42 Å². The molecular formula is C20H17ClN2O3S. The molecular weight excluding hydrogens is 384 g/mol. The van der Waals surface area contributed by atoms with E-state index in [1.54, 1.807) is 12.1 Å². The first-order valence-corrected chi connectivity index (χ1v) is 9.96. The Bertz CT molecular complexity index is 1020. The fourth-order valence-corrected chi connectivity index (χ4v) is 3.18. The Labute approximate surface area is 163 Å². The Balaban J connectivity index is 1.62. The van der Waals surface area contributed by atoms with Crippen LogP contribution >= 0.6 is 11.6 Å². The maximum Gasteiger partial charge on any atom is 0.276 e. The quantitative estimate of drug-likeness (QED) is 0.476. The van der Waals surface area contributed by atoms with Crippen molar-refractivity contribution in [1.82, 2.24) is 4.83 Å².